The molecule has 0 radical (unpaired) electrons. The number of rotatable bonds is 56. The number of allylic oxidation sites excluding steroid dienone is 8. The van der Waals surface area contributed by atoms with Gasteiger partial charge in [-0.1, -0.05) is 275 Å². The van der Waals surface area contributed by atoms with Gasteiger partial charge in [0, 0.05) is 19.3 Å². The molecule has 6 heteroatoms. The Bertz CT molecular complexity index is 1220. The van der Waals surface area contributed by atoms with E-state index in [1.54, 1.807) is 0 Å². The van der Waals surface area contributed by atoms with Crippen LogP contribution in [0.3, 0.4) is 0 Å². The largest absolute Gasteiger partial charge is 0.462 e. The van der Waals surface area contributed by atoms with Gasteiger partial charge < -0.3 is 14.2 Å². The van der Waals surface area contributed by atoms with Crippen LogP contribution < -0.4 is 0 Å². The second-order valence-corrected chi connectivity index (χ2v) is 20.6. The highest BCUT2D eigenvalue weighted by molar-refractivity contribution is 5.71. The van der Waals surface area contributed by atoms with Crippen LogP contribution in [0.4, 0.5) is 0 Å². The van der Waals surface area contributed by atoms with E-state index in [1.807, 2.05) is 0 Å². The summed E-state index contributed by atoms with van der Waals surface area (Å²) >= 11 is 0. The van der Waals surface area contributed by atoms with Crippen LogP contribution in [0.15, 0.2) is 48.6 Å². The van der Waals surface area contributed by atoms with Gasteiger partial charge in [-0.15, -0.1) is 0 Å². The van der Waals surface area contributed by atoms with E-state index in [2.05, 4.69) is 69.4 Å². The summed E-state index contributed by atoms with van der Waals surface area (Å²) in [4.78, 5) is 38.2. The van der Waals surface area contributed by atoms with E-state index < -0.39 is 6.10 Å². The van der Waals surface area contributed by atoms with E-state index in [9.17, 15) is 14.4 Å². The first-order valence-corrected chi connectivity index (χ1v) is 30.6. The number of ether oxygens (including phenoxy) is 3. The minimum absolute atomic E-state index is 0.0768. The van der Waals surface area contributed by atoms with E-state index in [4.69, 9.17) is 14.2 Å². The van der Waals surface area contributed by atoms with Gasteiger partial charge >= 0.3 is 17.9 Å². The predicted molar refractivity (Wildman–Crippen MR) is 302 cm³/mol. The third-order valence-electron chi connectivity index (χ3n) is 13.5. The molecule has 1 unspecified atom stereocenters. The lowest BCUT2D eigenvalue weighted by atomic mass is 10.0. The molecular formula is C64H116O6. The Morgan fingerprint density at radius 1 is 0.286 bits per heavy atom. The van der Waals surface area contributed by atoms with Crippen molar-refractivity contribution in [3.63, 3.8) is 0 Å². The molecule has 0 spiro atoms. The molecule has 0 bridgehead atoms. The fourth-order valence-corrected chi connectivity index (χ4v) is 8.92. The summed E-state index contributed by atoms with van der Waals surface area (Å²) in [7, 11) is 0. The maximum absolute atomic E-state index is 12.9. The lowest BCUT2D eigenvalue weighted by Gasteiger charge is -2.18. The number of carbonyl (C=O) groups excluding carboxylic acids is 3. The van der Waals surface area contributed by atoms with Crippen LogP contribution >= 0.6 is 0 Å². The average Bonchev–Trinajstić information content (AvgIpc) is 3.36. The number of esters is 3. The normalized spacial score (nSPS) is 12.3. The molecule has 0 N–H and O–H groups in total. The smallest absolute Gasteiger partial charge is 0.306 e. The van der Waals surface area contributed by atoms with E-state index in [0.717, 1.165) is 89.9 Å². The maximum atomic E-state index is 12.9. The Morgan fingerprint density at radius 2 is 0.543 bits per heavy atom. The van der Waals surface area contributed by atoms with Crippen molar-refractivity contribution in [1.82, 2.24) is 0 Å². The molecule has 0 aliphatic carbocycles. The molecule has 0 saturated heterocycles. The first-order valence-electron chi connectivity index (χ1n) is 30.6. The second kappa shape index (κ2) is 58.9. The quantitative estimate of drug-likeness (QED) is 0.0261. The minimum atomic E-state index is -0.779. The van der Waals surface area contributed by atoms with Crippen molar-refractivity contribution >= 4 is 17.9 Å². The van der Waals surface area contributed by atoms with Gasteiger partial charge in [-0.3, -0.25) is 14.4 Å². The molecule has 0 saturated carbocycles. The van der Waals surface area contributed by atoms with Crippen molar-refractivity contribution in [2.24, 2.45) is 0 Å². The fourth-order valence-electron chi connectivity index (χ4n) is 8.92. The molecule has 0 aromatic rings. The van der Waals surface area contributed by atoms with E-state index in [1.165, 1.54) is 193 Å². The van der Waals surface area contributed by atoms with E-state index in [0.29, 0.717) is 19.3 Å². The molecule has 0 aliphatic heterocycles. The molecule has 408 valence electrons. The zero-order chi connectivity index (χ0) is 50.7. The lowest BCUT2D eigenvalue weighted by molar-refractivity contribution is -0.167. The van der Waals surface area contributed by atoms with Gasteiger partial charge in [0.15, 0.2) is 6.10 Å². The summed E-state index contributed by atoms with van der Waals surface area (Å²) in [5.41, 5.74) is 0. The minimum Gasteiger partial charge on any atom is -0.462 e. The molecule has 1 atom stereocenters. The van der Waals surface area contributed by atoms with Crippen LogP contribution in [0.1, 0.15) is 323 Å². The standard InChI is InChI=1S/C64H116O6/c1-4-7-10-13-16-19-22-25-27-29-31-32-33-35-36-39-42-45-48-51-54-57-63(66)69-60-61(59-68-62(65)56-53-50-47-44-41-38-24-21-18-15-12-9-6-3)70-64(67)58-55-52-49-46-43-40-37-34-30-28-26-23-20-17-14-11-8-5-2/h12,15,21-22,24-25,29,31,61H,4-11,13-14,16-20,23,26-28,30,32-60H2,1-3H3/b15-12-,24-21-,25-22-,31-29-. The molecule has 0 heterocycles. The van der Waals surface area contributed by atoms with Gasteiger partial charge in [0.05, 0.1) is 0 Å². The van der Waals surface area contributed by atoms with Crippen molar-refractivity contribution in [3.05, 3.63) is 48.6 Å². The summed E-state index contributed by atoms with van der Waals surface area (Å²) in [5, 5.41) is 0. The Morgan fingerprint density at radius 3 is 0.843 bits per heavy atom. The topological polar surface area (TPSA) is 78.9 Å². The van der Waals surface area contributed by atoms with Gasteiger partial charge in [-0.2, -0.15) is 0 Å². The predicted octanol–water partition coefficient (Wildman–Crippen LogP) is 20.6. The highest BCUT2D eigenvalue weighted by Gasteiger charge is 2.19. The molecule has 0 aliphatic rings. The van der Waals surface area contributed by atoms with Crippen LogP contribution in [-0.2, 0) is 28.6 Å². The molecule has 0 rings (SSSR count). The van der Waals surface area contributed by atoms with Crippen LogP contribution in [0.25, 0.3) is 0 Å². The van der Waals surface area contributed by atoms with Gasteiger partial charge in [0.2, 0.25) is 0 Å². The Kier molecular flexibility index (Phi) is 56.7. The third kappa shape index (κ3) is 56.3. The average molecular weight is 982 g/mol. The summed E-state index contributed by atoms with van der Waals surface area (Å²) in [6.45, 7) is 6.60. The second-order valence-electron chi connectivity index (χ2n) is 20.6. The summed E-state index contributed by atoms with van der Waals surface area (Å²) < 4.78 is 16.9. The highest BCUT2D eigenvalue weighted by atomic mass is 16.6. The molecule has 70 heavy (non-hydrogen) atoms. The zero-order valence-corrected chi connectivity index (χ0v) is 46.8. The van der Waals surface area contributed by atoms with Crippen molar-refractivity contribution < 1.29 is 28.6 Å². The number of hydrogen-bond donors (Lipinski definition) is 0. The number of hydrogen-bond acceptors (Lipinski definition) is 6. The van der Waals surface area contributed by atoms with Crippen LogP contribution in [-0.4, -0.2) is 37.2 Å². The van der Waals surface area contributed by atoms with Crippen LogP contribution in [0.5, 0.6) is 0 Å². The summed E-state index contributed by atoms with van der Waals surface area (Å²) in [6.07, 6.45) is 72.5. The Labute approximate surface area is 435 Å². The van der Waals surface area contributed by atoms with Crippen LogP contribution in [0, 0.1) is 0 Å². The van der Waals surface area contributed by atoms with Gasteiger partial charge in [0.25, 0.3) is 0 Å². The van der Waals surface area contributed by atoms with Gasteiger partial charge in [-0.05, 0) is 77.0 Å². The fraction of sp³-hybridized carbons (Fsp3) is 0.828. The summed E-state index contributed by atoms with van der Waals surface area (Å²) in [6, 6.07) is 0. The summed E-state index contributed by atoms with van der Waals surface area (Å²) in [5.74, 6) is -0.877. The molecule has 0 amide bonds. The van der Waals surface area contributed by atoms with Crippen molar-refractivity contribution in [1.29, 1.82) is 0 Å². The Balaban J connectivity index is 4.32. The lowest BCUT2D eigenvalue weighted by Crippen LogP contribution is -2.30. The number of carbonyl (C=O) groups is 3. The Hall–Kier alpha value is -2.63. The van der Waals surface area contributed by atoms with Gasteiger partial charge in [0.1, 0.15) is 13.2 Å². The molecular weight excluding hydrogens is 865 g/mol. The monoisotopic (exact) mass is 981 g/mol. The van der Waals surface area contributed by atoms with Gasteiger partial charge in [-0.25, -0.2) is 0 Å². The molecule has 0 fully saturated rings. The molecule has 0 aromatic heterocycles. The molecule has 6 nitrogen and oxygen atoms in total. The SMILES string of the molecule is CCC/C=C\C/C=C\CCCCCCCC(=O)OCC(COC(=O)CCCCCCCCCCC/C=C\C/C=C\CCCCCCC)OC(=O)CCCCCCCCCCCCCCCCCCCC. The zero-order valence-electron chi connectivity index (χ0n) is 46.8. The highest BCUT2D eigenvalue weighted by Crippen LogP contribution is 2.17. The first-order chi connectivity index (χ1) is 34.5. The van der Waals surface area contributed by atoms with Crippen molar-refractivity contribution in [2.45, 2.75) is 329 Å². The van der Waals surface area contributed by atoms with Crippen LogP contribution in [0.2, 0.25) is 0 Å². The third-order valence-corrected chi connectivity index (χ3v) is 13.5. The van der Waals surface area contributed by atoms with E-state index in [-0.39, 0.29) is 31.1 Å². The maximum Gasteiger partial charge on any atom is 0.306 e. The number of unbranched alkanes of at least 4 members (excludes halogenated alkanes) is 37. The van der Waals surface area contributed by atoms with Crippen molar-refractivity contribution in [3.8, 4) is 0 Å². The van der Waals surface area contributed by atoms with E-state index >= 15 is 0 Å². The molecule has 0 aromatic carbocycles. The van der Waals surface area contributed by atoms with Crippen molar-refractivity contribution in [2.75, 3.05) is 13.2 Å². The first kappa shape index (κ1) is 67.4.